The molecule has 1 amide bonds. The lowest BCUT2D eigenvalue weighted by Gasteiger charge is -2.43. The quantitative estimate of drug-likeness (QED) is 0.902. The molecule has 1 N–H and O–H groups in total. The number of nitrogens with zero attached hydrogens (tertiary/aromatic N) is 1. The van der Waals surface area contributed by atoms with Crippen LogP contribution in [0.2, 0.25) is 0 Å². The second-order valence-corrected chi connectivity index (χ2v) is 6.64. The fourth-order valence-electron chi connectivity index (χ4n) is 3.47. The number of benzene rings is 1. The molecule has 1 unspecified atom stereocenters. The normalized spacial score (nSPS) is 25.7. The average Bonchev–Trinajstić information content (AvgIpc) is 2.64. The van der Waals surface area contributed by atoms with Crippen LogP contribution in [0.1, 0.15) is 18.4 Å². The van der Waals surface area contributed by atoms with Crippen molar-refractivity contribution in [1.29, 1.82) is 0 Å². The predicted octanol–water partition coefficient (Wildman–Crippen LogP) is 1.38. The van der Waals surface area contributed by atoms with Crippen molar-refractivity contribution < 1.29 is 23.8 Å². The van der Waals surface area contributed by atoms with Gasteiger partial charge in [0, 0.05) is 32.1 Å². The van der Waals surface area contributed by atoms with E-state index in [9.17, 15) is 14.3 Å². The van der Waals surface area contributed by atoms with Gasteiger partial charge in [-0.05, 0) is 30.5 Å². The summed E-state index contributed by atoms with van der Waals surface area (Å²) in [7, 11) is 0. The molecule has 0 bridgehead atoms. The molecule has 2 aliphatic rings. The van der Waals surface area contributed by atoms with Crippen LogP contribution in [0.5, 0.6) is 0 Å². The van der Waals surface area contributed by atoms with Crippen LogP contribution in [-0.4, -0.2) is 61.0 Å². The van der Waals surface area contributed by atoms with Crippen LogP contribution < -0.4 is 0 Å². The van der Waals surface area contributed by atoms with Crippen molar-refractivity contribution in [2.45, 2.75) is 24.9 Å². The Hall–Kier alpha value is -1.50. The molecule has 1 aromatic rings. The maximum absolute atomic E-state index is 13.1. The van der Waals surface area contributed by atoms with E-state index in [4.69, 9.17) is 9.47 Å². The molecule has 0 radical (unpaired) electrons. The summed E-state index contributed by atoms with van der Waals surface area (Å²) >= 11 is 0. The molecule has 1 atom stereocenters. The smallest absolute Gasteiger partial charge is 0.226 e. The molecule has 5 nitrogen and oxygen atoms in total. The van der Waals surface area contributed by atoms with Crippen molar-refractivity contribution in [3.63, 3.8) is 0 Å². The Balaban J connectivity index is 1.69. The first kappa shape index (κ1) is 17.3. The third-order valence-corrected chi connectivity index (χ3v) is 4.86. The molecule has 132 valence electrons. The highest BCUT2D eigenvalue weighted by Crippen LogP contribution is 2.26. The van der Waals surface area contributed by atoms with Gasteiger partial charge < -0.3 is 19.5 Å². The molecule has 0 aliphatic carbocycles. The van der Waals surface area contributed by atoms with Gasteiger partial charge in [-0.25, -0.2) is 4.39 Å². The van der Waals surface area contributed by atoms with Crippen molar-refractivity contribution in [2.75, 3.05) is 39.5 Å². The zero-order chi connectivity index (χ0) is 17.0. The summed E-state index contributed by atoms with van der Waals surface area (Å²) in [5.74, 6) is -0.171. The van der Waals surface area contributed by atoms with Gasteiger partial charge in [0.2, 0.25) is 5.91 Å². The summed E-state index contributed by atoms with van der Waals surface area (Å²) < 4.78 is 24.2. The van der Waals surface area contributed by atoms with E-state index < -0.39 is 5.60 Å². The summed E-state index contributed by atoms with van der Waals surface area (Å²) in [4.78, 5) is 14.5. The maximum atomic E-state index is 13.1. The third-order valence-electron chi connectivity index (χ3n) is 4.86. The van der Waals surface area contributed by atoms with E-state index in [0.717, 1.165) is 18.4 Å². The first-order chi connectivity index (χ1) is 11.6. The average molecular weight is 337 g/mol. The number of carbonyl (C=O) groups is 1. The second kappa shape index (κ2) is 7.59. The number of aliphatic hydroxyl groups is 1. The van der Waals surface area contributed by atoms with E-state index >= 15 is 0 Å². The van der Waals surface area contributed by atoms with Gasteiger partial charge in [0.25, 0.3) is 0 Å². The van der Waals surface area contributed by atoms with E-state index in [1.807, 2.05) is 0 Å². The van der Waals surface area contributed by atoms with Crippen molar-refractivity contribution in [3.8, 4) is 0 Å². The van der Waals surface area contributed by atoms with E-state index in [1.165, 1.54) is 12.1 Å². The summed E-state index contributed by atoms with van der Waals surface area (Å²) in [6.07, 6.45) is 1.95. The molecule has 1 aromatic carbocycles. The number of ether oxygens (including phenoxy) is 2. The molecule has 2 fully saturated rings. The van der Waals surface area contributed by atoms with Crippen LogP contribution in [0, 0.1) is 11.7 Å². The van der Waals surface area contributed by atoms with Gasteiger partial charge in [-0.1, -0.05) is 12.1 Å². The van der Waals surface area contributed by atoms with Crippen molar-refractivity contribution >= 4 is 5.91 Å². The van der Waals surface area contributed by atoms with E-state index in [1.54, 1.807) is 17.0 Å². The lowest BCUT2D eigenvalue weighted by atomic mass is 9.91. The lowest BCUT2D eigenvalue weighted by Crippen LogP contribution is -2.58. The molecule has 2 saturated heterocycles. The largest absolute Gasteiger partial charge is 0.393 e. The molecular weight excluding hydrogens is 313 g/mol. The Labute approximate surface area is 141 Å². The molecule has 6 heteroatoms. The van der Waals surface area contributed by atoms with Gasteiger partial charge in [0.15, 0.2) is 0 Å². The van der Waals surface area contributed by atoms with Crippen molar-refractivity contribution in [1.82, 2.24) is 4.90 Å². The minimum Gasteiger partial charge on any atom is -0.393 e. The standard InChI is InChI=1S/C18H24FNO4/c19-16-3-1-14(2-4-16)11-18(13-21)12-20(7-10-24-18)17(22)15-5-8-23-9-6-15/h1-4,15,21H,5-13H2. The first-order valence-electron chi connectivity index (χ1n) is 8.48. The van der Waals surface area contributed by atoms with Gasteiger partial charge in [-0.15, -0.1) is 0 Å². The van der Waals surface area contributed by atoms with Gasteiger partial charge in [-0.3, -0.25) is 4.79 Å². The van der Waals surface area contributed by atoms with Crippen LogP contribution >= 0.6 is 0 Å². The summed E-state index contributed by atoms with van der Waals surface area (Å²) in [6, 6.07) is 6.17. The second-order valence-electron chi connectivity index (χ2n) is 6.64. The minimum atomic E-state index is -0.823. The molecule has 0 spiro atoms. The molecule has 3 rings (SSSR count). The number of rotatable bonds is 4. The van der Waals surface area contributed by atoms with Crippen LogP contribution in [0.25, 0.3) is 0 Å². The molecule has 0 aromatic heterocycles. The maximum Gasteiger partial charge on any atom is 0.226 e. The number of aliphatic hydroxyl groups excluding tert-OH is 1. The molecule has 24 heavy (non-hydrogen) atoms. The highest BCUT2D eigenvalue weighted by Gasteiger charge is 2.39. The minimum absolute atomic E-state index is 0.000867. The number of amides is 1. The predicted molar refractivity (Wildman–Crippen MR) is 86.0 cm³/mol. The van der Waals surface area contributed by atoms with Gasteiger partial charge in [0.05, 0.1) is 19.8 Å². The van der Waals surface area contributed by atoms with Gasteiger partial charge in [0.1, 0.15) is 11.4 Å². The summed E-state index contributed by atoms with van der Waals surface area (Å²) in [5, 5.41) is 9.91. The SMILES string of the molecule is O=C(C1CCOCC1)N1CCOC(CO)(Cc2ccc(F)cc2)C1. The Bertz CT molecular complexity index is 559. The fourth-order valence-corrected chi connectivity index (χ4v) is 3.47. The zero-order valence-corrected chi connectivity index (χ0v) is 13.7. The highest BCUT2D eigenvalue weighted by atomic mass is 19.1. The van der Waals surface area contributed by atoms with E-state index in [0.29, 0.717) is 39.3 Å². The summed E-state index contributed by atoms with van der Waals surface area (Å²) in [6.45, 7) is 2.38. The topological polar surface area (TPSA) is 59.0 Å². The Kier molecular flexibility index (Phi) is 5.48. The van der Waals surface area contributed by atoms with Gasteiger partial charge >= 0.3 is 0 Å². The molecule has 2 aliphatic heterocycles. The number of hydrogen-bond acceptors (Lipinski definition) is 4. The van der Waals surface area contributed by atoms with Crippen LogP contribution in [0.4, 0.5) is 4.39 Å². The fraction of sp³-hybridized carbons (Fsp3) is 0.611. The van der Waals surface area contributed by atoms with Gasteiger partial charge in [-0.2, -0.15) is 0 Å². The molecule has 0 saturated carbocycles. The highest BCUT2D eigenvalue weighted by molar-refractivity contribution is 5.79. The van der Waals surface area contributed by atoms with Crippen LogP contribution in [0.3, 0.4) is 0 Å². The third kappa shape index (κ3) is 3.94. The van der Waals surface area contributed by atoms with Crippen molar-refractivity contribution in [2.24, 2.45) is 5.92 Å². The van der Waals surface area contributed by atoms with Crippen molar-refractivity contribution in [3.05, 3.63) is 35.6 Å². The summed E-state index contributed by atoms with van der Waals surface area (Å²) in [5.41, 5.74) is 0.0579. The van der Waals surface area contributed by atoms with Crippen LogP contribution in [-0.2, 0) is 20.7 Å². The zero-order valence-electron chi connectivity index (χ0n) is 13.7. The van der Waals surface area contributed by atoms with E-state index in [-0.39, 0.29) is 24.2 Å². The Morgan fingerprint density at radius 3 is 2.62 bits per heavy atom. The van der Waals surface area contributed by atoms with Crippen LogP contribution in [0.15, 0.2) is 24.3 Å². The molecular formula is C18H24FNO4. The number of carbonyl (C=O) groups excluding carboxylic acids is 1. The Morgan fingerprint density at radius 2 is 1.96 bits per heavy atom. The Morgan fingerprint density at radius 1 is 1.25 bits per heavy atom. The number of hydrogen-bond donors (Lipinski definition) is 1. The monoisotopic (exact) mass is 337 g/mol. The molecule has 2 heterocycles. The van der Waals surface area contributed by atoms with E-state index in [2.05, 4.69) is 0 Å². The number of halogens is 1. The number of morpholine rings is 1. The first-order valence-corrected chi connectivity index (χ1v) is 8.48. The lowest BCUT2D eigenvalue weighted by molar-refractivity contribution is -0.163.